The third kappa shape index (κ3) is 2.33. The zero-order chi connectivity index (χ0) is 18.1. The lowest BCUT2D eigenvalue weighted by molar-refractivity contribution is 0.250. The Labute approximate surface area is 150 Å². The molecule has 4 nitrogen and oxygen atoms in total. The van der Waals surface area contributed by atoms with Crippen molar-refractivity contribution in [3.05, 3.63) is 47.3 Å². The van der Waals surface area contributed by atoms with Gasteiger partial charge in [0.1, 0.15) is 0 Å². The third-order valence-corrected chi connectivity index (χ3v) is 6.37. The molecular formula is C21H28N4. The van der Waals surface area contributed by atoms with Gasteiger partial charge in [0.15, 0.2) is 0 Å². The Bertz CT molecular complexity index is 772. The van der Waals surface area contributed by atoms with Gasteiger partial charge in [-0.05, 0) is 36.3 Å². The molecule has 0 unspecified atom stereocenters. The molecule has 0 bridgehead atoms. The van der Waals surface area contributed by atoms with Crippen LogP contribution >= 0.6 is 0 Å². The summed E-state index contributed by atoms with van der Waals surface area (Å²) in [5, 5.41) is 8.65. The van der Waals surface area contributed by atoms with Crippen LogP contribution in [0.4, 0.5) is 0 Å². The van der Waals surface area contributed by atoms with Crippen LogP contribution in [0.2, 0.25) is 0 Å². The molecule has 4 heteroatoms. The molecule has 0 aromatic carbocycles. The van der Waals surface area contributed by atoms with Crippen molar-refractivity contribution < 1.29 is 0 Å². The Hall–Kier alpha value is -1.84. The highest BCUT2D eigenvalue weighted by Gasteiger charge is 2.54. The van der Waals surface area contributed by atoms with Crippen LogP contribution in [0.1, 0.15) is 83.5 Å². The van der Waals surface area contributed by atoms with Crippen LogP contribution in [0.15, 0.2) is 24.7 Å². The first-order valence-corrected chi connectivity index (χ1v) is 9.22. The van der Waals surface area contributed by atoms with Crippen LogP contribution < -0.4 is 0 Å². The Morgan fingerprint density at radius 3 is 2.08 bits per heavy atom. The lowest BCUT2D eigenvalue weighted by Crippen LogP contribution is -2.34. The largest absolute Gasteiger partial charge is 0.257 e. The summed E-state index contributed by atoms with van der Waals surface area (Å²) in [6.45, 7) is 14.0. The minimum atomic E-state index is 0.0306. The van der Waals surface area contributed by atoms with Crippen LogP contribution in [-0.4, -0.2) is 20.2 Å². The summed E-state index contributed by atoms with van der Waals surface area (Å²) in [5.74, 6) is 0. The van der Waals surface area contributed by atoms with E-state index in [1.807, 2.05) is 18.6 Å². The van der Waals surface area contributed by atoms with Gasteiger partial charge in [0.05, 0.1) is 17.1 Å². The normalized spacial score (nSPS) is 31.6. The van der Waals surface area contributed by atoms with Gasteiger partial charge in [-0.15, -0.1) is 0 Å². The van der Waals surface area contributed by atoms with Crippen molar-refractivity contribution in [1.29, 1.82) is 0 Å². The molecule has 0 amide bonds. The van der Waals surface area contributed by atoms with Crippen LogP contribution in [0.25, 0.3) is 0 Å². The highest BCUT2D eigenvalue weighted by Crippen LogP contribution is 2.57. The van der Waals surface area contributed by atoms with E-state index < -0.39 is 0 Å². The summed E-state index contributed by atoms with van der Waals surface area (Å²) in [4.78, 5) is 9.48. The minimum Gasteiger partial charge on any atom is -0.257 e. The summed E-state index contributed by atoms with van der Waals surface area (Å²) in [5.41, 5.74) is 5.14. The van der Waals surface area contributed by atoms with Gasteiger partial charge in [-0.3, -0.25) is 9.97 Å². The molecule has 0 fully saturated rings. The highest BCUT2D eigenvalue weighted by molar-refractivity contribution is 5.43. The van der Waals surface area contributed by atoms with E-state index in [1.165, 1.54) is 17.0 Å². The van der Waals surface area contributed by atoms with Gasteiger partial charge in [0, 0.05) is 34.8 Å². The molecule has 2 aliphatic rings. The second kappa shape index (κ2) is 4.87. The average Bonchev–Trinajstić information content (AvgIpc) is 2.85. The number of fused-ring (bicyclic) bond motifs is 2. The van der Waals surface area contributed by atoms with Gasteiger partial charge < -0.3 is 0 Å². The number of aromatic nitrogens is 4. The van der Waals surface area contributed by atoms with Crippen molar-refractivity contribution in [2.75, 3.05) is 0 Å². The van der Waals surface area contributed by atoms with Gasteiger partial charge in [-0.1, -0.05) is 41.5 Å². The number of hydrogen-bond donors (Lipinski definition) is 0. The summed E-state index contributed by atoms with van der Waals surface area (Å²) in [6.07, 6.45) is 8.77. The second-order valence-corrected chi connectivity index (χ2v) is 9.97. The van der Waals surface area contributed by atoms with E-state index in [-0.39, 0.29) is 21.7 Å². The Morgan fingerprint density at radius 1 is 0.760 bits per heavy atom. The molecule has 132 valence electrons. The van der Waals surface area contributed by atoms with E-state index in [4.69, 9.17) is 9.97 Å². The van der Waals surface area contributed by atoms with Crippen molar-refractivity contribution in [2.24, 2.45) is 0 Å². The van der Waals surface area contributed by atoms with Crippen molar-refractivity contribution in [1.82, 2.24) is 20.2 Å². The lowest BCUT2D eigenvalue weighted by atomic mass is 9.66. The van der Waals surface area contributed by atoms with E-state index in [1.54, 1.807) is 0 Å². The molecular weight excluding hydrogens is 308 g/mol. The first-order valence-electron chi connectivity index (χ1n) is 9.22. The van der Waals surface area contributed by atoms with E-state index in [2.05, 4.69) is 57.8 Å². The summed E-state index contributed by atoms with van der Waals surface area (Å²) < 4.78 is 0. The molecule has 2 aliphatic carbocycles. The van der Waals surface area contributed by atoms with Crippen molar-refractivity contribution >= 4 is 0 Å². The fourth-order valence-electron chi connectivity index (χ4n) is 6.06. The maximum absolute atomic E-state index is 4.78. The monoisotopic (exact) mass is 336 g/mol. The standard InChI is InChI=1S/C21H28N4/c1-18(2)11-20(5,14-7-8-24-25-15(14)18)13-21(6)12-19(3,4)16-17(21)23-10-9-22-16/h7-10H,11-13H2,1-6H3/t20-,21+/m1/s1. The van der Waals surface area contributed by atoms with Crippen LogP contribution in [0.5, 0.6) is 0 Å². The van der Waals surface area contributed by atoms with Gasteiger partial charge in [0.25, 0.3) is 0 Å². The van der Waals surface area contributed by atoms with E-state index >= 15 is 0 Å². The third-order valence-electron chi connectivity index (χ3n) is 6.37. The molecule has 0 N–H and O–H groups in total. The maximum Gasteiger partial charge on any atom is 0.0724 e. The fourth-order valence-corrected chi connectivity index (χ4v) is 6.06. The van der Waals surface area contributed by atoms with Gasteiger partial charge in [-0.25, -0.2) is 0 Å². The number of hydrogen-bond acceptors (Lipinski definition) is 4. The maximum atomic E-state index is 4.78. The second-order valence-electron chi connectivity index (χ2n) is 9.97. The van der Waals surface area contributed by atoms with E-state index in [9.17, 15) is 0 Å². The number of rotatable bonds is 2. The first-order chi connectivity index (χ1) is 11.6. The zero-order valence-corrected chi connectivity index (χ0v) is 16.2. The Balaban J connectivity index is 1.79. The van der Waals surface area contributed by atoms with Crippen molar-refractivity contribution in [3.8, 4) is 0 Å². The Morgan fingerprint density at radius 2 is 1.36 bits per heavy atom. The van der Waals surface area contributed by atoms with Crippen LogP contribution in [0, 0.1) is 0 Å². The molecule has 0 spiro atoms. The lowest BCUT2D eigenvalue weighted by Gasteiger charge is -2.37. The molecule has 0 radical (unpaired) electrons. The van der Waals surface area contributed by atoms with E-state index in [0.29, 0.717) is 0 Å². The molecule has 2 aromatic rings. The van der Waals surface area contributed by atoms with Crippen LogP contribution in [0.3, 0.4) is 0 Å². The fraction of sp³-hybridized carbons (Fsp3) is 0.619. The highest BCUT2D eigenvalue weighted by atomic mass is 15.1. The smallest absolute Gasteiger partial charge is 0.0724 e. The van der Waals surface area contributed by atoms with Gasteiger partial charge in [-0.2, -0.15) is 10.2 Å². The van der Waals surface area contributed by atoms with Crippen molar-refractivity contribution in [2.45, 2.75) is 82.5 Å². The quantitative estimate of drug-likeness (QED) is 0.823. The predicted octanol–water partition coefficient (Wildman–Crippen LogP) is 4.23. The van der Waals surface area contributed by atoms with Crippen LogP contribution in [-0.2, 0) is 21.7 Å². The zero-order valence-electron chi connectivity index (χ0n) is 16.2. The molecule has 0 aliphatic heterocycles. The molecule has 0 saturated carbocycles. The topological polar surface area (TPSA) is 51.6 Å². The summed E-state index contributed by atoms with van der Waals surface area (Å²) >= 11 is 0. The minimum absolute atomic E-state index is 0.0306. The molecule has 4 rings (SSSR count). The summed E-state index contributed by atoms with van der Waals surface area (Å²) in [6, 6.07) is 2.18. The molecule has 2 atom stereocenters. The first kappa shape index (κ1) is 16.6. The van der Waals surface area contributed by atoms with Gasteiger partial charge in [0.2, 0.25) is 0 Å². The molecule has 2 aromatic heterocycles. The molecule has 25 heavy (non-hydrogen) atoms. The van der Waals surface area contributed by atoms with E-state index in [0.717, 1.165) is 25.0 Å². The SMILES string of the molecule is CC1(C)C[C@](C)(C[C@]2(C)CC(C)(C)c3nccnc32)c2ccnnc21. The van der Waals surface area contributed by atoms with Crippen molar-refractivity contribution in [3.63, 3.8) is 0 Å². The summed E-state index contributed by atoms with van der Waals surface area (Å²) in [7, 11) is 0. The number of nitrogens with zero attached hydrogens (tertiary/aromatic N) is 4. The molecule has 2 heterocycles. The predicted molar refractivity (Wildman–Crippen MR) is 98.7 cm³/mol. The van der Waals surface area contributed by atoms with Gasteiger partial charge >= 0.3 is 0 Å². The Kier molecular flexibility index (Phi) is 3.23. The molecule has 0 saturated heterocycles. The average molecular weight is 336 g/mol.